The summed E-state index contributed by atoms with van der Waals surface area (Å²) < 4.78 is 9.41. The molecule has 1 fully saturated rings. The lowest BCUT2D eigenvalue weighted by Crippen LogP contribution is -2.45. The summed E-state index contributed by atoms with van der Waals surface area (Å²) in [5.41, 5.74) is 1.11. The number of ether oxygens (including phenoxy) is 1. The maximum atomic E-state index is 12.1. The Bertz CT molecular complexity index is 944. The largest absolute Gasteiger partial charge is 0.484 e. The summed E-state index contributed by atoms with van der Waals surface area (Å²) in [5.74, 6) is 2.76. The van der Waals surface area contributed by atoms with E-state index in [1.807, 2.05) is 59.7 Å². The van der Waals surface area contributed by atoms with Crippen molar-refractivity contribution < 1.29 is 9.53 Å². The zero-order valence-corrected chi connectivity index (χ0v) is 16.1. The number of benzene rings is 1. The lowest BCUT2D eigenvalue weighted by Gasteiger charge is -2.35. The molecular formula is C20H24N6O2. The van der Waals surface area contributed by atoms with Crippen molar-refractivity contribution in [2.45, 2.75) is 38.3 Å². The number of amides is 1. The summed E-state index contributed by atoms with van der Waals surface area (Å²) in [6, 6.07) is 9.73. The van der Waals surface area contributed by atoms with Crippen LogP contribution in [0.3, 0.4) is 0 Å². The van der Waals surface area contributed by atoms with Gasteiger partial charge in [-0.2, -0.15) is 5.10 Å². The second-order valence-electron chi connectivity index (χ2n) is 7.28. The van der Waals surface area contributed by atoms with Crippen molar-refractivity contribution in [1.82, 2.24) is 29.9 Å². The van der Waals surface area contributed by atoms with Crippen molar-refractivity contribution >= 4 is 5.91 Å². The van der Waals surface area contributed by atoms with Gasteiger partial charge in [0.25, 0.3) is 5.91 Å². The minimum absolute atomic E-state index is 0.0304. The molecule has 0 saturated heterocycles. The molecule has 0 bridgehead atoms. The molecule has 8 nitrogen and oxygen atoms in total. The Labute approximate surface area is 163 Å². The Kier molecular flexibility index (Phi) is 5.10. The quantitative estimate of drug-likeness (QED) is 0.675. The normalized spacial score (nSPS) is 18.5. The maximum Gasteiger partial charge on any atom is 0.258 e. The first-order valence-corrected chi connectivity index (χ1v) is 9.43. The molecule has 1 amide bonds. The number of carbonyl (C=O) groups is 1. The third-order valence-electron chi connectivity index (χ3n) is 5.09. The van der Waals surface area contributed by atoms with Gasteiger partial charge in [0, 0.05) is 31.4 Å². The van der Waals surface area contributed by atoms with Gasteiger partial charge in [-0.25, -0.2) is 0 Å². The molecule has 0 aliphatic heterocycles. The van der Waals surface area contributed by atoms with Crippen LogP contribution in [0.15, 0.2) is 42.7 Å². The minimum Gasteiger partial charge on any atom is -0.484 e. The number of nitrogens with one attached hydrogen (secondary N) is 1. The zero-order chi connectivity index (χ0) is 19.5. The highest BCUT2D eigenvalue weighted by molar-refractivity contribution is 5.78. The van der Waals surface area contributed by atoms with Gasteiger partial charge in [-0.05, 0) is 43.5 Å². The number of carbonyl (C=O) groups excluding carboxylic acids is 1. The first-order chi connectivity index (χ1) is 13.6. The molecule has 146 valence electrons. The number of hydrogen-bond acceptors (Lipinski definition) is 5. The van der Waals surface area contributed by atoms with Crippen LogP contribution in [-0.2, 0) is 18.4 Å². The van der Waals surface area contributed by atoms with Gasteiger partial charge in [0.1, 0.15) is 18.1 Å². The van der Waals surface area contributed by atoms with Gasteiger partial charge in [0.2, 0.25) is 0 Å². The molecule has 1 aromatic carbocycles. The molecule has 1 aliphatic carbocycles. The second-order valence-corrected chi connectivity index (χ2v) is 7.28. The van der Waals surface area contributed by atoms with Crippen molar-refractivity contribution in [3.63, 3.8) is 0 Å². The summed E-state index contributed by atoms with van der Waals surface area (Å²) in [5, 5.41) is 15.9. The predicted molar refractivity (Wildman–Crippen MR) is 103 cm³/mol. The first kappa shape index (κ1) is 18.2. The third-order valence-corrected chi connectivity index (χ3v) is 5.09. The van der Waals surface area contributed by atoms with E-state index in [9.17, 15) is 4.79 Å². The third kappa shape index (κ3) is 4.05. The van der Waals surface area contributed by atoms with E-state index in [0.29, 0.717) is 18.2 Å². The summed E-state index contributed by atoms with van der Waals surface area (Å²) >= 11 is 0. The Morgan fingerprint density at radius 3 is 2.89 bits per heavy atom. The molecule has 2 aromatic heterocycles. The lowest BCUT2D eigenvalue weighted by atomic mass is 9.79. The van der Waals surface area contributed by atoms with Crippen molar-refractivity contribution in [2.24, 2.45) is 7.05 Å². The fourth-order valence-electron chi connectivity index (χ4n) is 3.48. The molecule has 1 aliphatic rings. The van der Waals surface area contributed by atoms with Gasteiger partial charge >= 0.3 is 0 Å². The standard InChI is InChI=1S/C20H24N6O2/c1-14-5-3-6-17(9-14)28-13-19(27)22-16-10-15(11-16)20-24-23-18(25(20)2)12-26-8-4-7-21-26/h3-9,15-16H,10-13H2,1-2H3,(H,22,27). The highest BCUT2D eigenvalue weighted by Crippen LogP contribution is 2.35. The van der Waals surface area contributed by atoms with Crippen LogP contribution in [0.25, 0.3) is 0 Å². The van der Waals surface area contributed by atoms with Gasteiger partial charge in [0.15, 0.2) is 12.4 Å². The molecule has 0 atom stereocenters. The van der Waals surface area contributed by atoms with Crippen LogP contribution in [0.4, 0.5) is 0 Å². The summed E-state index contributed by atoms with van der Waals surface area (Å²) in [4.78, 5) is 12.1. The van der Waals surface area contributed by atoms with Crippen LogP contribution in [0.1, 0.15) is 36.0 Å². The monoisotopic (exact) mass is 380 g/mol. The van der Waals surface area contributed by atoms with E-state index in [0.717, 1.165) is 30.1 Å². The van der Waals surface area contributed by atoms with Gasteiger partial charge in [-0.15, -0.1) is 10.2 Å². The number of nitrogens with zero attached hydrogens (tertiary/aromatic N) is 5. The van der Waals surface area contributed by atoms with Crippen molar-refractivity contribution in [2.75, 3.05) is 6.61 Å². The number of rotatable bonds is 7. The fraction of sp³-hybridized carbons (Fsp3) is 0.400. The average molecular weight is 380 g/mol. The highest BCUT2D eigenvalue weighted by atomic mass is 16.5. The van der Waals surface area contributed by atoms with E-state index in [2.05, 4.69) is 20.6 Å². The SMILES string of the molecule is Cc1cccc(OCC(=O)NC2CC(c3nnc(Cn4cccn4)n3C)C2)c1. The summed E-state index contributed by atoms with van der Waals surface area (Å²) in [6.07, 6.45) is 5.38. The van der Waals surface area contributed by atoms with Crippen LogP contribution in [0.2, 0.25) is 0 Å². The van der Waals surface area contributed by atoms with Crippen molar-refractivity contribution in [1.29, 1.82) is 0 Å². The smallest absolute Gasteiger partial charge is 0.258 e. The second kappa shape index (κ2) is 7.84. The molecule has 1 saturated carbocycles. The van der Waals surface area contributed by atoms with E-state index in [1.54, 1.807) is 6.20 Å². The Morgan fingerprint density at radius 2 is 2.14 bits per heavy atom. The highest BCUT2D eigenvalue weighted by Gasteiger charge is 2.34. The molecule has 3 aromatic rings. The van der Waals surface area contributed by atoms with Crippen LogP contribution in [-0.4, -0.2) is 43.1 Å². The lowest BCUT2D eigenvalue weighted by molar-refractivity contribution is -0.124. The van der Waals surface area contributed by atoms with Gasteiger partial charge in [-0.3, -0.25) is 9.48 Å². The predicted octanol–water partition coefficient (Wildman–Crippen LogP) is 1.81. The first-order valence-electron chi connectivity index (χ1n) is 9.43. The summed E-state index contributed by atoms with van der Waals surface area (Å²) in [7, 11) is 1.98. The molecule has 4 rings (SSSR count). The number of aryl methyl sites for hydroxylation is 1. The van der Waals surface area contributed by atoms with E-state index >= 15 is 0 Å². The molecule has 1 N–H and O–H groups in total. The topological polar surface area (TPSA) is 86.9 Å². The molecule has 28 heavy (non-hydrogen) atoms. The molecule has 2 heterocycles. The van der Waals surface area contributed by atoms with Crippen LogP contribution in [0, 0.1) is 6.92 Å². The Morgan fingerprint density at radius 1 is 1.29 bits per heavy atom. The Balaban J connectivity index is 1.24. The molecular weight excluding hydrogens is 356 g/mol. The van der Waals surface area contributed by atoms with Crippen molar-refractivity contribution in [3.05, 3.63) is 59.9 Å². The molecule has 0 unspecified atom stereocenters. The van der Waals surface area contributed by atoms with Gasteiger partial charge < -0.3 is 14.6 Å². The van der Waals surface area contributed by atoms with E-state index < -0.39 is 0 Å². The molecule has 0 spiro atoms. The average Bonchev–Trinajstić information content (AvgIpc) is 3.27. The molecule has 0 radical (unpaired) electrons. The van der Waals surface area contributed by atoms with Crippen LogP contribution < -0.4 is 10.1 Å². The maximum absolute atomic E-state index is 12.1. The Hall–Kier alpha value is -3.16. The number of aromatic nitrogens is 5. The van der Waals surface area contributed by atoms with Crippen molar-refractivity contribution in [3.8, 4) is 5.75 Å². The summed E-state index contributed by atoms with van der Waals surface area (Å²) in [6.45, 7) is 2.62. The fourth-order valence-corrected chi connectivity index (χ4v) is 3.48. The van der Waals surface area contributed by atoms with E-state index in [-0.39, 0.29) is 18.6 Å². The van der Waals surface area contributed by atoms with Gasteiger partial charge in [0.05, 0.1) is 0 Å². The zero-order valence-electron chi connectivity index (χ0n) is 16.1. The van der Waals surface area contributed by atoms with E-state index in [4.69, 9.17) is 4.74 Å². The minimum atomic E-state index is -0.0951. The van der Waals surface area contributed by atoms with Crippen LogP contribution >= 0.6 is 0 Å². The van der Waals surface area contributed by atoms with Crippen LogP contribution in [0.5, 0.6) is 5.75 Å². The van der Waals surface area contributed by atoms with E-state index in [1.165, 1.54) is 0 Å². The molecule has 8 heteroatoms. The number of hydrogen-bond donors (Lipinski definition) is 1. The van der Waals surface area contributed by atoms with Gasteiger partial charge in [-0.1, -0.05) is 12.1 Å².